The van der Waals surface area contributed by atoms with Crippen LogP contribution in [0.25, 0.3) is 0 Å². The molecule has 0 aliphatic rings. The van der Waals surface area contributed by atoms with Crippen LogP contribution in [-0.2, 0) is 8.58 Å². The minimum Gasteiger partial charge on any atom is -0.343 e. The minimum absolute atomic E-state index is 0. The fourth-order valence-electron chi connectivity index (χ4n) is 0.922. The van der Waals surface area contributed by atoms with Crippen molar-refractivity contribution in [2.45, 2.75) is 0 Å². The molecule has 0 aromatic heterocycles. The van der Waals surface area contributed by atoms with Crippen molar-refractivity contribution in [1.82, 2.24) is 0 Å². The summed E-state index contributed by atoms with van der Waals surface area (Å²) in [7, 11) is 0. The zero-order chi connectivity index (χ0) is 10.6. The van der Waals surface area contributed by atoms with Gasteiger partial charge in [-0.05, 0) is 12.1 Å². The van der Waals surface area contributed by atoms with E-state index in [1.165, 1.54) is 12.1 Å². The Hall–Kier alpha value is 0.221. The van der Waals surface area contributed by atoms with Gasteiger partial charge in [-0.3, -0.25) is 0 Å². The molecule has 15 heavy (non-hydrogen) atoms. The van der Waals surface area contributed by atoms with E-state index in [0.717, 1.165) is 0 Å². The van der Waals surface area contributed by atoms with Crippen molar-refractivity contribution in [2.24, 2.45) is 0 Å². The second-order valence-corrected chi connectivity index (χ2v) is 2.58. The van der Waals surface area contributed by atoms with Crippen LogP contribution in [0.3, 0.4) is 0 Å². The van der Waals surface area contributed by atoms with E-state index in [4.69, 9.17) is 23.7 Å². The van der Waals surface area contributed by atoms with Gasteiger partial charge in [-0.1, -0.05) is 12.1 Å². The van der Waals surface area contributed by atoms with Crippen LogP contribution < -0.4 is 0 Å². The normalized spacial score (nSPS) is 8.67. The van der Waals surface area contributed by atoms with Crippen molar-refractivity contribution in [3.05, 3.63) is 35.4 Å². The second-order valence-electron chi connectivity index (χ2n) is 2.27. The number of hydrogen-bond donors (Lipinski definition) is 0. The first-order valence-electron chi connectivity index (χ1n) is 3.45. The second kappa shape index (κ2) is 7.49. The predicted octanol–water partition coefficient (Wildman–Crippen LogP) is 2.42. The first-order valence-corrected chi connectivity index (χ1v) is 4.07. The van der Waals surface area contributed by atoms with Gasteiger partial charge in [0.1, 0.15) is 23.7 Å². The van der Waals surface area contributed by atoms with E-state index >= 15 is 0 Å². The number of rotatable bonds is 2. The molecule has 0 bridgehead atoms. The molecule has 0 amide bonds. The SMILES string of the molecule is O=C(OCl)c1ccccc1C(=O)OCl.[HH].[HH].[Sr]. The number of carbonyl (C=O) groups excluding carboxylic acids is 2. The van der Waals surface area contributed by atoms with Gasteiger partial charge in [-0.2, -0.15) is 0 Å². The van der Waals surface area contributed by atoms with Gasteiger partial charge in [-0.25, -0.2) is 9.59 Å². The molecule has 0 aliphatic carbocycles. The van der Waals surface area contributed by atoms with Gasteiger partial charge in [0.2, 0.25) is 0 Å². The van der Waals surface area contributed by atoms with Gasteiger partial charge >= 0.3 is 11.9 Å². The van der Waals surface area contributed by atoms with Gasteiger partial charge in [0.15, 0.2) is 0 Å². The Kier molecular flexibility index (Phi) is 7.60. The summed E-state index contributed by atoms with van der Waals surface area (Å²) >= 11 is 9.74. The molecule has 0 saturated heterocycles. The van der Waals surface area contributed by atoms with Crippen LogP contribution in [0, 0.1) is 0 Å². The molecule has 1 aromatic rings. The Morgan fingerprint density at radius 3 is 1.60 bits per heavy atom. The monoisotopic (exact) mass is 326 g/mol. The van der Waals surface area contributed by atoms with Crippen LogP contribution in [-0.4, -0.2) is 57.4 Å². The van der Waals surface area contributed by atoms with Crippen LogP contribution in [0.15, 0.2) is 24.3 Å². The Balaban J connectivity index is -0.000000653. The van der Waals surface area contributed by atoms with Gasteiger partial charge in [-0.15, -0.1) is 0 Å². The molecule has 80 valence electrons. The van der Waals surface area contributed by atoms with Crippen LogP contribution in [0.5, 0.6) is 0 Å². The Morgan fingerprint density at radius 1 is 1.00 bits per heavy atom. The summed E-state index contributed by atoms with van der Waals surface area (Å²) in [6, 6.07) is 5.84. The molecule has 0 spiro atoms. The largest absolute Gasteiger partial charge is 0.357 e. The summed E-state index contributed by atoms with van der Waals surface area (Å²) in [6.07, 6.45) is 0. The average molecular weight is 327 g/mol. The predicted molar refractivity (Wildman–Crippen MR) is 59.0 cm³/mol. The summed E-state index contributed by atoms with van der Waals surface area (Å²) in [5.74, 6) is -1.69. The zero-order valence-corrected chi connectivity index (χ0v) is 12.4. The number of benzene rings is 1. The summed E-state index contributed by atoms with van der Waals surface area (Å²) < 4.78 is 7.91. The summed E-state index contributed by atoms with van der Waals surface area (Å²) in [6.45, 7) is 0. The fourth-order valence-corrected chi connectivity index (χ4v) is 1.09. The van der Waals surface area contributed by atoms with Crippen molar-refractivity contribution < 1.29 is 21.0 Å². The summed E-state index contributed by atoms with van der Waals surface area (Å²) in [5.41, 5.74) is -0.0127. The average Bonchev–Trinajstić information content (AvgIpc) is 2.27. The smallest absolute Gasteiger partial charge is 0.343 e. The first kappa shape index (κ1) is 15.2. The maximum atomic E-state index is 11.0. The Morgan fingerprint density at radius 2 is 1.33 bits per heavy atom. The molecule has 0 unspecified atom stereocenters. The van der Waals surface area contributed by atoms with Gasteiger partial charge < -0.3 is 8.58 Å². The molecule has 0 atom stereocenters. The minimum atomic E-state index is -0.843. The molecule has 7 heteroatoms. The van der Waals surface area contributed by atoms with E-state index in [-0.39, 0.29) is 59.5 Å². The van der Waals surface area contributed by atoms with Gasteiger partial charge in [0, 0.05) is 48.3 Å². The van der Waals surface area contributed by atoms with E-state index in [1.54, 1.807) is 12.1 Å². The maximum absolute atomic E-state index is 11.0. The van der Waals surface area contributed by atoms with Gasteiger partial charge in [0.05, 0.1) is 11.1 Å². The summed E-state index contributed by atoms with van der Waals surface area (Å²) in [5, 5.41) is 0. The first-order chi connectivity index (χ1) is 6.70. The van der Waals surface area contributed by atoms with Gasteiger partial charge in [0.25, 0.3) is 0 Å². The van der Waals surface area contributed by atoms with Crippen molar-refractivity contribution in [3.63, 3.8) is 0 Å². The standard InChI is InChI=1S/C8H4Cl2O4.Sr.2H2/c9-13-7(11)5-3-1-2-4-6(5)8(12)14-10;;;/h1-4H;;2*1H. The van der Waals surface area contributed by atoms with Crippen LogP contribution in [0.1, 0.15) is 23.6 Å². The molecule has 2 radical (unpaired) electrons. The number of carbonyl (C=O) groups is 2. The van der Waals surface area contributed by atoms with Crippen molar-refractivity contribution >= 4 is 81.2 Å². The third kappa shape index (κ3) is 3.94. The third-order valence-electron chi connectivity index (χ3n) is 1.51. The molecule has 0 aliphatic heterocycles. The third-order valence-corrected chi connectivity index (χ3v) is 1.79. The van der Waals surface area contributed by atoms with E-state index in [0.29, 0.717) is 0 Å². The van der Waals surface area contributed by atoms with Crippen LogP contribution in [0.2, 0.25) is 0 Å². The van der Waals surface area contributed by atoms with E-state index in [1.807, 2.05) is 0 Å². The summed E-state index contributed by atoms with van der Waals surface area (Å²) in [4.78, 5) is 22.1. The Labute approximate surface area is 136 Å². The fraction of sp³-hybridized carbons (Fsp3) is 0. The van der Waals surface area contributed by atoms with E-state index < -0.39 is 11.9 Å². The number of hydrogen-bond acceptors (Lipinski definition) is 4. The van der Waals surface area contributed by atoms with Crippen molar-refractivity contribution in [2.75, 3.05) is 0 Å². The molecule has 1 aromatic carbocycles. The number of halogens is 2. The molecular formula is C8H8Cl2O4Sr. The molecule has 0 N–H and O–H groups in total. The maximum Gasteiger partial charge on any atom is 0.357 e. The zero-order valence-electron chi connectivity index (χ0n) is 7.41. The molecule has 0 heterocycles. The van der Waals surface area contributed by atoms with Crippen LogP contribution >= 0.6 is 23.7 Å². The van der Waals surface area contributed by atoms with Crippen molar-refractivity contribution in [1.29, 1.82) is 0 Å². The quantitative estimate of drug-likeness (QED) is 0.783. The topological polar surface area (TPSA) is 52.6 Å². The van der Waals surface area contributed by atoms with E-state index in [2.05, 4.69) is 8.58 Å². The molecule has 1 rings (SSSR count). The molecule has 4 nitrogen and oxygen atoms in total. The molecular weight excluding hydrogens is 319 g/mol. The van der Waals surface area contributed by atoms with Crippen molar-refractivity contribution in [3.8, 4) is 0 Å². The molecule has 0 fully saturated rings. The Bertz CT molecular complexity index is 343. The molecule has 0 saturated carbocycles. The van der Waals surface area contributed by atoms with E-state index in [9.17, 15) is 9.59 Å². The van der Waals surface area contributed by atoms with Crippen LogP contribution in [0.4, 0.5) is 0 Å².